The molecule has 0 amide bonds. The fourth-order valence-corrected chi connectivity index (χ4v) is 12.6. The molecule has 10 aliphatic heterocycles. The number of carbonyl (C=O) groups excluding carboxylic acids is 3. The monoisotopic (exact) mass is 1060 g/mol. The van der Waals surface area contributed by atoms with Gasteiger partial charge >= 0.3 is 11.9 Å². The minimum Gasteiger partial charge on any atom is -0.493 e. The fourth-order valence-electron chi connectivity index (χ4n) is 12.3. The SMILES string of the molecule is C.C1N2CN3CN1CN(C2)C3.COc1ccc2c(c1OC)C(=O)O[C@@H]2[C@H]1c2c(c(C=O)c3c(c2OC)OCO3)CCN1C.COc1ccc2c(c1OC)C(=O)O[C@@H]2[C@H]1c2c(c(CCl)c3c(c2OC)OCO3)CCN1C. The van der Waals surface area contributed by atoms with Crippen LogP contribution in [0, 0.1) is 0 Å². The van der Waals surface area contributed by atoms with Gasteiger partial charge in [0.2, 0.25) is 25.1 Å². The molecule has 4 bridgehead atoms. The summed E-state index contributed by atoms with van der Waals surface area (Å²) in [6.07, 6.45) is 0.949. The second-order valence-electron chi connectivity index (χ2n) is 19.2. The summed E-state index contributed by atoms with van der Waals surface area (Å²) in [5, 5.41) is 0. The third-order valence-corrected chi connectivity index (χ3v) is 15.5. The van der Waals surface area contributed by atoms with Crippen molar-refractivity contribution in [3.05, 3.63) is 79.9 Å². The number of likely N-dealkylation sites (N-methyl/N-ethyl adjacent to an activating group) is 2. The Morgan fingerprint density at radius 2 is 0.960 bits per heavy atom. The normalized spacial score (nSPS) is 25.6. The van der Waals surface area contributed by atoms with Gasteiger partial charge in [0.05, 0.1) is 106 Å². The fraction of sp³-hybridized carbons (Fsp3) is 0.491. The lowest BCUT2D eigenvalue weighted by molar-refractivity contribution is -0.194. The van der Waals surface area contributed by atoms with Gasteiger partial charge < -0.3 is 56.8 Å². The van der Waals surface area contributed by atoms with E-state index in [9.17, 15) is 14.4 Å². The maximum atomic E-state index is 13.0. The summed E-state index contributed by atoms with van der Waals surface area (Å²) in [5.41, 5.74) is 7.02. The Bertz CT molecular complexity index is 2870. The van der Waals surface area contributed by atoms with E-state index < -0.39 is 30.2 Å². The van der Waals surface area contributed by atoms with Crippen molar-refractivity contribution < 1.29 is 71.2 Å². The Kier molecular flexibility index (Phi) is 14.5. The van der Waals surface area contributed by atoms with Crippen molar-refractivity contribution in [2.24, 2.45) is 0 Å². The van der Waals surface area contributed by atoms with Crippen LogP contribution in [0.1, 0.15) is 102 Å². The number of alkyl halides is 1. The Labute approximate surface area is 440 Å². The molecular formula is C53H63ClN6O15. The molecule has 402 valence electrons. The average Bonchev–Trinajstić information content (AvgIpc) is 4.28. The molecular weight excluding hydrogens is 996 g/mol. The Morgan fingerprint density at radius 3 is 1.37 bits per heavy atom. The quantitative estimate of drug-likeness (QED) is 0.103. The van der Waals surface area contributed by atoms with Crippen LogP contribution in [0.2, 0.25) is 0 Å². The number of esters is 2. The maximum absolute atomic E-state index is 13.0. The Morgan fingerprint density at radius 1 is 0.560 bits per heavy atom. The van der Waals surface area contributed by atoms with Gasteiger partial charge in [-0.1, -0.05) is 19.6 Å². The minimum atomic E-state index is -0.643. The first kappa shape index (κ1) is 52.0. The predicted octanol–water partition coefficient (Wildman–Crippen LogP) is 5.93. The highest BCUT2D eigenvalue weighted by Crippen LogP contribution is 2.59. The second-order valence-corrected chi connectivity index (χ2v) is 19.5. The third-order valence-electron chi connectivity index (χ3n) is 15.2. The van der Waals surface area contributed by atoms with E-state index in [1.165, 1.54) is 68.5 Å². The number of fused-ring (bicyclic) bond motifs is 6. The third kappa shape index (κ3) is 8.43. The molecule has 21 nitrogen and oxygen atoms in total. The summed E-state index contributed by atoms with van der Waals surface area (Å²) in [6, 6.07) is 6.49. The molecule has 14 rings (SSSR count). The van der Waals surface area contributed by atoms with Crippen molar-refractivity contribution in [1.29, 1.82) is 0 Å². The lowest BCUT2D eigenvalue weighted by Gasteiger charge is -2.56. The van der Waals surface area contributed by atoms with E-state index in [-0.39, 0.29) is 32.9 Å². The van der Waals surface area contributed by atoms with Crippen molar-refractivity contribution in [3.63, 3.8) is 0 Å². The molecule has 4 aromatic carbocycles. The van der Waals surface area contributed by atoms with E-state index in [1.54, 1.807) is 26.4 Å². The molecule has 0 aliphatic carbocycles. The predicted molar refractivity (Wildman–Crippen MR) is 270 cm³/mol. The van der Waals surface area contributed by atoms with Crippen LogP contribution in [0.3, 0.4) is 0 Å². The van der Waals surface area contributed by atoms with E-state index in [0.717, 1.165) is 52.6 Å². The summed E-state index contributed by atoms with van der Waals surface area (Å²) >= 11 is 6.36. The van der Waals surface area contributed by atoms with Crippen LogP contribution >= 0.6 is 11.6 Å². The summed E-state index contributed by atoms with van der Waals surface area (Å²) in [7, 11) is 13.2. The van der Waals surface area contributed by atoms with Crippen LogP contribution in [0.4, 0.5) is 0 Å². The van der Waals surface area contributed by atoms with E-state index in [4.69, 9.17) is 68.4 Å². The Balaban J connectivity index is 0.000000142. The molecule has 4 saturated heterocycles. The number of hydrogen-bond acceptors (Lipinski definition) is 21. The van der Waals surface area contributed by atoms with Crippen LogP contribution in [0.25, 0.3) is 0 Å². The molecule has 4 fully saturated rings. The highest BCUT2D eigenvalue weighted by atomic mass is 35.5. The van der Waals surface area contributed by atoms with Gasteiger partial charge in [0, 0.05) is 40.9 Å². The molecule has 4 atom stereocenters. The number of nitrogens with zero attached hydrogens (tertiary/aromatic N) is 6. The first-order valence-electron chi connectivity index (χ1n) is 24.3. The Hall–Kier alpha value is -6.46. The molecule has 10 aliphatic rings. The van der Waals surface area contributed by atoms with Crippen molar-refractivity contribution in [3.8, 4) is 57.5 Å². The van der Waals surface area contributed by atoms with Crippen molar-refractivity contribution in [2.45, 2.75) is 50.4 Å². The first-order chi connectivity index (χ1) is 36.0. The van der Waals surface area contributed by atoms with Crippen LogP contribution in [-0.2, 0) is 28.2 Å². The summed E-state index contributed by atoms with van der Waals surface area (Å²) in [6.45, 7) is 8.64. The number of halogens is 1. The van der Waals surface area contributed by atoms with Gasteiger partial charge in [-0.2, -0.15) is 0 Å². The van der Waals surface area contributed by atoms with Gasteiger partial charge in [-0.05, 0) is 50.2 Å². The van der Waals surface area contributed by atoms with E-state index in [2.05, 4.69) is 29.4 Å². The average molecular weight is 1060 g/mol. The molecule has 75 heavy (non-hydrogen) atoms. The van der Waals surface area contributed by atoms with Crippen molar-refractivity contribution >= 4 is 29.8 Å². The zero-order valence-electron chi connectivity index (χ0n) is 42.6. The summed E-state index contributed by atoms with van der Waals surface area (Å²) in [4.78, 5) is 52.1. The largest absolute Gasteiger partial charge is 0.493 e. The van der Waals surface area contributed by atoms with Crippen LogP contribution in [-0.4, -0.2) is 171 Å². The van der Waals surface area contributed by atoms with Crippen LogP contribution < -0.4 is 47.4 Å². The van der Waals surface area contributed by atoms with Crippen molar-refractivity contribution in [1.82, 2.24) is 29.4 Å². The smallest absolute Gasteiger partial charge is 0.343 e. The minimum absolute atomic E-state index is 0. The van der Waals surface area contributed by atoms with Gasteiger partial charge in [0.15, 0.2) is 52.3 Å². The van der Waals surface area contributed by atoms with Gasteiger partial charge in [0.1, 0.15) is 23.3 Å². The number of methoxy groups -OCH3 is 6. The van der Waals surface area contributed by atoms with Crippen molar-refractivity contribution in [2.75, 3.05) is 123 Å². The molecule has 0 spiro atoms. The summed E-state index contributed by atoms with van der Waals surface area (Å²) < 4.78 is 67.9. The molecule has 0 N–H and O–H groups in total. The van der Waals surface area contributed by atoms with Crippen LogP contribution in [0.15, 0.2) is 24.3 Å². The summed E-state index contributed by atoms with van der Waals surface area (Å²) in [5.74, 6) is 4.01. The zero-order chi connectivity index (χ0) is 51.7. The number of hydrogen-bond donors (Lipinski definition) is 0. The number of benzene rings is 4. The molecule has 0 saturated carbocycles. The molecule has 0 unspecified atom stereocenters. The van der Waals surface area contributed by atoms with Gasteiger partial charge in [-0.3, -0.25) is 34.2 Å². The van der Waals surface area contributed by atoms with Crippen LogP contribution in [0.5, 0.6) is 57.5 Å². The van der Waals surface area contributed by atoms with E-state index in [0.29, 0.717) is 92.7 Å². The number of aldehydes is 1. The van der Waals surface area contributed by atoms with Gasteiger partial charge in [0.25, 0.3) is 0 Å². The lowest BCUT2D eigenvalue weighted by Crippen LogP contribution is -2.71. The standard InChI is InChI=1S/C23H24ClNO7.C23H23NO8.C6H12N4.CH4/c1-25-8-7-11-13(9-24)19-22(31-10-30-19)21(29-4)15(11)17(25)18-12-5-6-14(27-2)20(28-3)16(12)23(26)32-18;1-24-8-7-11-13(9-25)19-22(31-10-30-19)21(29-4)15(11)17(24)18-12-5-6-14(27-2)20(28-3)16(12)23(26)32-18;1-7-2-9-4-8(1)5-10(3-7)6-9;/h5-6,17-18H,7-10H2,1-4H3;5-6,9,17-18H,7-8,10H2,1-4H3;1-6H2;1H4/t2*17-,18+;;/m11../s1. The van der Waals surface area contributed by atoms with E-state index in [1.807, 2.05) is 26.2 Å². The highest BCUT2D eigenvalue weighted by molar-refractivity contribution is 6.17. The zero-order valence-corrected chi connectivity index (χ0v) is 43.3. The molecule has 4 aromatic rings. The topological polar surface area (TPSA) is 181 Å². The first-order valence-corrected chi connectivity index (χ1v) is 24.8. The molecule has 10 heterocycles. The molecule has 0 aromatic heterocycles. The molecule has 0 radical (unpaired) electrons. The van der Waals surface area contributed by atoms with E-state index >= 15 is 0 Å². The second kappa shape index (κ2) is 20.9. The number of cyclic esters (lactones) is 2. The maximum Gasteiger partial charge on any atom is 0.343 e. The van der Waals surface area contributed by atoms with Gasteiger partial charge in [-0.25, -0.2) is 9.59 Å². The molecule has 22 heteroatoms. The highest BCUT2D eigenvalue weighted by Gasteiger charge is 2.49. The number of carbonyl (C=O) groups is 3. The van der Waals surface area contributed by atoms with Gasteiger partial charge in [-0.15, -0.1) is 11.6 Å². The number of ether oxygens (including phenoxy) is 12. The lowest BCUT2D eigenvalue weighted by atomic mass is 9.83. The number of rotatable bonds is 10.